The van der Waals surface area contributed by atoms with Crippen molar-refractivity contribution in [1.29, 1.82) is 0 Å². The fourth-order valence-corrected chi connectivity index (χ4v) is 4.96. The van der Waals surface area contributed by atoms with Gasteiger partial charge in [-0.2, -0.15) is 0 Å². The lowest BCUT2D eigenvalue weighted by atomic mass is 9.75. The SMILES string of the molecule is CC(C)CCNC(=O)C1(C(=O)N[C@@H]2C=Nc3ccccc3C(C3(C)C=CC=CC3=O)=N2)CCCC1. The van der Waals surface area contributed by atoms with Gasteiger partial charge in [0.2, 0.25) is 11.8 Å². The zero-order valence-electron chi connectivity index (χ0n) is 20.7. The van der Waals surface area contributed by atoms with Gasteiger partial charge in [-0.25, -0.2) is 0 Å². The summed E-state index contributed by atoms with van der Waals surface area (Å²) in [5.41, 5.74) is -0.114. The molecule has 2 amide bonds. The Morgan fingerprint density at radius 1 is 1.11 bits per heavy atom. The zero-order valence-corrected chi connectivity index (χ0v) is 20.7. The normalized spacial score (nSPS) is 24.6. The molecule has 184 valence electrons. The van der Waals surface area contributed by atoms with E-state index in [1.807, 2.05) is 43.3 Å². The first-order chi connectivity index (χ1) is 16.8. The van der Waals surface area contributed by atoms with Crippen LogP contribution >= 0.6 is 0 Å². The average molecular weight is 475 g/mol. The molecule has 1 aliphatic heterocycles. The molecule has 0 spiro atoms. The van der Waals surface area contributed by atoms with Gasteiger partial charge in [-0.15, -0.1) is 0 Å². The number of nitrogens with zero attached hydrogens (tertiary/aromatic N) is 2. The molecule has 7 heteroatoms. The number of carbonyl (C=O) groups excluding carboxylic acids is 3. The number of rotatable bonds is 7. The number of fused-ring (bicyclic) bond motifs is 1. The Labute approximate surface area is 206 Å². The maximum absolute atomic E-state index is 13.6. The Bertz CT molecular complexity index is 1120. The highest BCUT2D eigenvalue weighted by molar-refractivity contribution is 6.24. The van der Waals surface area contributed by atoms with Gasteiger partial charge in [-0.05, 0) is 44.2 Å². The van der Waals surface area contributed by atoms with Crippen LogP contribution in [0.1, 0.15) is 58.4 Å². The van der Waals surface area contributed by atoms with Crippen LogP contribution in [0.25, 0.3) is 0 Å². The molecule has 0 radical (unpaired) electrons. The van der Waals surface area contributed by atoms with Gasteiger partial charge >= 0.3 is 0 Å². The minimum atomic E-state index is -1.10. The average Bonchev–Trinajstić information content (AvgIpc) is 3.27. The number of amides is 2. The molecule has 3 aliphatic rings. The highest BCUT2D eigenvalue weighted by atomic mass is 16.2. The molecule has 2 atom stereocenters. The lowest BCUT2D eigenvalue weighted by molar-refractivity contribution is -0.143. The second-order valence-electron chi connectivity index (χ2n) is 10.2. The predicted molar refractivity (Wildman–Crippen MR) is 138 cm³/mol. The topological polar surface area (TPSA) is 100.0 Å². The quantitative estimate of drug-likeness (QED) is 0.583. The molecule has 7 nitrogen and oxygen atoms in total. The molecular formula is C28H34N4O3. The Morgan fingerprint density at radius 2 is 1.86 bits per heavy atom. The fraction of sp³-hybridized carbons (Fsp3) is 0.464. The summed E-state index contributed by atoms with van der Waals surface area (Å²) < 4.78 is 0. The first kappa shape index (κ1) is 24.8. The number of carbonyl (C=O) groups is 3. The number of aliphatic imine (C=N–C) groups is 2. The van der Waals surface area contributed by atoms with E-state index in [2.05, 4.69) is 29.5 Å². The van der Waals surface area contributed by atoms with E-state index in [0.29, 0.717) is 36.7 Å². The van der Waals surface area contributed by atoms with Gasteiger partial charge in [0.1, 0.15) is 5.41 Å². The van der Waals surface area contributed by atoms with E-state index in [9.17, 15) is 14.4 Å². The molecule has 1 heterocycles. The van der Waals surface area contributed by atoms with Crippen LogP contribution < -0.4 is 10.6 Å². The summed E-state index contributed by atoms with van der Waals surface area (Å²) in [5.74, 6) is -0.169. The number of nitrogens with one attached hydrogen (secondary N) is 2. The van der Waals surface area contributed by atoms with Gasteiger partial charge in [-0.1, -0.05) is 63.1 Å². The minimum Gasteiger partial charge on any atom is -0.355 e. The molecule has 35 heavy (non-hydrogen) atoms. The number of allylic oxidation sites excluding steroid dienone is 4. The van der Waals surface area contributed by atoms with Gasteiger partial charge in [0.15, 0.2) is 11.9 Å². The van der Waals surface area contributed by atoms with E-state index < -0.39 is 17.0 Å². The molecule has 4 rings (SSSR count). The maximum Gasteiger partial charge on any atom is 0.237 e. The van der Waals surface area contributed by atoms with E-state index in [1.165, 1.54) is 0 Å². The molecule has 1 saturated carbocycles. The summed E-state index contributed by atoms with van der Waals surface area (Å²) in [6.07, 6.45) is 11.2. The third kappa shape index (κ3) is 4.90. The largest absolute Gasteiger partial charge is 0.355 e. The number of para-hydroxylation sites is 1. The third-order valence-corrected chi connectivity index (χ3v) is 7.19. The number of hydrogen-bond donors (Lipinski definition) is 2. The van der Waals surface area contributed by atoms with Crippen LogP contribution in [0.2, 0.25) is 0 Å². The minimum absolute atomic E-state index is 0.0858. The van der Waals surface area contributed by atoms with Gasteiger partial charge < -0.3 is 10.6 Å². The Kier molecular flexibility index (Phi) is 7.15. The Morgan fingerprint density at radius 3 is 2.57 bits per heavy atom. The van der Waals surface area contributed by atoms with Crippen LogP contribution in [0.5, 0.6) is 0 Å². The Hall–Kier alpha value is -3.35. The van der Waals surface area contributed by atoms with E-state index in [4.69, 9.17) is 4.99 Å². The molecule has 1 fully saturated rings. The standard InChI is InChI=1S/C28H34N4O3/c1-19(2)13-17-29-25(34)28(15-8-9-16-28)26(35)32-23-18-30-21-11-5-4-10-20(21)24(31-23)27(3)14-7-6-12-22(27)33/h4-7,10-12,14,18-19,23H,8-9,13,15-17H2,1-3H3,(H,29,34)(H,32,35)/t23-,27?/m1/s1. The van der Waals surface area contributed by atoms with Gasteiger partial charge in [0.05, 0.1) is 16.8 Å². The van der Waals surface area contributed by atoms with Crippen LogP contribution in [0, 0.1) is 16.7 Å². The molecule has 0 bridgehead atoms. The first-order valence-electron chi connectivity index (χ1n) is 12.5. The van der Waals surface area contributed by atoms with E-state index in [-0.39, 0.29) is 17.6 Å². The molecule has 1 aromatic carbocycles. The summed E-state index contributed by atoms with van der Waals surface area (Å²) >= 11 is 0. The van der Waals surface area contributed by atoms with E-state index >= 15 is 0 Å². The molecule has 0 saturated heterocycles. The van der Waals surface area contributed by atoms with E-state index in [1.54, 1.807) is 18.4 Å². The van der Waals surface area contributed by atoms with Crippen molar-refractivity contribution in [3.63, 3.8) is 0 Å². The van der Waals surface area contributed by atoms with Crippen LogP contribution in [-0.4, -0.2) is 42.2 Å². The molecule has 0 aromatic heterocycles. The predicted octanol–water partition coefficient (Wildman–Crippen LogP) is 4.06. The third-order valence-electron chi connectivity index (χ3n) is 7.19. The van der Waals surface area contributed by atoms with Gasteiger partial charge in [-0.3, -0.25) is 24.4 Å². The fourth-order valence-electron chi connectivity index (χ4n) is 4.96. The first-order valence-corrected chi connectivity index (χ1v) is 12.5. The summed E-state index contributed by atoms with van der Waals surface area (Å²) in [6.45, 7) is 6.58. The molecular weight excluding hydrogens is 440 g/mol. The summed E-state index contributed by atoms with van der Waals surface area (Å²) in [4.78, 5) is 49.2. The van der Waals surface area contributed by atoms with Crippen molar-refractivity contribution in [3.05, 3.63) is 54.1 Å². The van der Waals surface area contributed by atoms with Crippen LogP contribution in [0.4, 0.5) is 5.69 Å². The molecule has 2 N–H and O–H groups in total. The zero-order chi connectivity index (χ0) is 25.1. The molecule has 1 unspecified atom stereocenters. The maximum atomic E-state index is 13.6. The summed E-state index contributed by atoms with van der Waals surface area (Å²) in [5, 5.41) is 5.95. The second-order valence-corrected chi connectivity index (χ2v) is 10.2. The summed E-state index contributed by atoms with van der Waals surface area (Å²) in [7, 11) is 0. The smallest absolute Gasteiger partial charge is 0.237 e. The highest BCUT2D eigenvalue weighted by Gasteiger charge is 2.48. The van der Waals surface area contributed by atoms with Crippen molar-refractivity contribution in [1.82, 2.24) is 10.6 Å². The van der Waals surface area contributed by atoms with Gasteiger partial charge in [0, 0.05) is 18.3 Å². The number of benzene rings is 1. The highest BCUT2D eigenvalue weighted by Crippen LogP contribution is 2.39. The summed E-state index contributed by atoms with van der Waals surface area (Å²) in [6, 6.07) is 7.51. The lowest BCUT2D eigenvalue weighted by Crippen LogP contribution is -2.52. The van der Waals surface area contributed by atoms with Crippen LogP contribution in [0.3, 0.4) is 0 Å². The van der Waals surface area contributed by atoms with Crippen LogP contribution in [0.15, 0.2) is 58.6 Å². The van der Waals surface area contributed by atoms with Crippen molar-refractivity contribution < 1.29 is 14.4 Å². The van der Waals surface area contributed by atoms with Gasteiger partial charge in [0.25, 0.3) is 0 Å². The van der Waals surface area contributed by atoms with E-state index in [0.717, 1.165) is 24.8 Å². The number of ketones is 1. The van der Waals surface area contributed by atoms with Crippen LogP contribution in [-0.2, 0) is 14.4 Å². The van der Waals surface area contributed by atoms with Crippen molar-refractivity contribution in [2.45, 2.75) is 59.0 Å². The van der Waals surface area contributed by atoms with Crippen molar-refractivity contribution in [3.8, 4) is 0 Å². The van der Waals surface area contributed by atoms with Crippen molar-refractivity contribution in [2.24, 2.45) is 26.7 Å². The second kappa shape index (κ2) is 10.1. The lowest BCUT2D eigenvalue weighted by Gasteiger charge is -2.30. The van der Waals surface area contributed by atoms with Crippen molar-refractivity contribution in [2.75, 3.05) is 6.54 Å². The number of hydrogen-bond acceptors (Lipinski definition) is 5. The Balaban J connectivity index is 1.63. The molecule has 1 aromatic rings. The van der Waals surface area contributed by atoms with Crippen molar-refractivity contribution >= 4 is 35.2 Å². The monoisotopic (exact) mass is 474 g/mol. The molecule has 2 aliphatic carbocycles.